The van der Waals surface area contributed by atoms with E-state index in [1.54, 1.807) is 6.92 Å². The fraction of sp³-hybridized carbons (Fsp3) is 0.467. The lowest BCUT2D eigenvalue weighted by Crippen LogP contribution is -2.49. The summed E-state index contributed by atoms with van der Waals surface area (Å²) in [6.45, 7) is 1.33. The quantitative estimate of drug-likeness (QED) is 0.807. The molecule has 0 aliphatic carbocycles. The van der Waals surface area contributed by atoms with Crippen LogP contribution in [0.25, 0.3) is 0 Å². The van der Waals surface area contributed by atoms with Crippen molar-refractivity contribution in [3.8, 4) is 6.07 Å². The van der Waals surface area contributed by atoms with E-state index in [1.165, 1.54) is 7.05 Å². The van der Waals surface area contributed by atoms with Crippen LogP contribution in [0, 0.1) is 11.3 Å². The molecule has 0 spiro atoms. The number of amides is 1. The second kappa shape index (κ2) is 7.38. The molecule has 0 radical (unpaired) electrons. The largest absolute Gasteiger partial charge is 0.337 e. The fourth-order valence-corrected chi connectivity index (χ4v) is 2.20. The fourth-order valence-electron chi connectivity index (χ4n) is 1.85. The number of benzene rings is 1. The molecule has 1 N–H and O–H groups in total. The highest BCUT2D eigenvalue weighted by atomic mass is 32.2. The van der Waals surface area contributed by atoms with Crippen LogP contribution in [0.5, 0.6) is 0 Å². The molecule has 6 nitrogen and oxygen atoms in total. The van der Waals surface area contributed by atoms with Crippen LogP contribution in [0.2, 0.25) is 0 Å². The maximum absolute atomic E-state index is 11.9. The third-order valence-electron chi connectivity index (χ3n) is 3.35. The molecule has 22 heavy (non-hydrogen) atoms. The van der Waals surface area contributed by atoms with Gasteiger partial charge in [0.2, 0.25) is 15.9 Å². The van der Waals surface area contributed by atoms with E-state index in [2.05, 4.69) is 11.4 Å². The summed E-state index contributed by atoms with van der Waals surface area (Å²) in [6.07, 6.45) is 2.12. The lowest BCUT2D eigenvalue weighted by molar-refractivity contribution is -0.122. The van der Waals surface area contributed by atoms with Crippen molar-refractivity contribution in [2.75, 3.05) is 19.8 Å². The molecule has 1 atom stereocenters. The van der Waals surface area contributed by atoms with E-state index in [0.717, 1.165) is 16.1 Å². The van der Waals surface area contributed by atoms with Gasteiger partial charge < -0.3 is 5.32 Å². The van der Waals surface area contributed by atoms with Gasteiger partial charge in [-0.05, 0) is 25.3 Å². The summed E-state index contributed by atoms with van der Waals surface area (Å²) < 4.78 is 23.5. The summed E-state index contributed by atoms with van der Waals surface area (Å²) in [7, 11) is -2.10. The zero-order valence-corrected chi connectivity index (χ0v) is 13.9. The predicted molar refractivity (Wildman–Crippen MR) is 84.4 cm³/mol. The Morgan fingerprint density at radius 3 is 2.45 bits per heavy atom. The lowest BCUT2D eigenvalue weighted by atomic mass is 9.94. The van der Waals surface area contributed by atoms with E-state index in [0.29, 0.717) is 12.8 Å². The number of hydrogen-bond donors (Lipinski definition) is 1. The van der Waals surface area contributed by atoms with Gasteiger partial charge in [-0.2, -0.15) is 9.57 Å². The van der Waals surface area contributed by atoms with E-state index in [4.69, 9.17) is 0 Å². The minimum atomic E-state index is -3.43. The number of nitrogens with zero attached hydrogens (tertiary/aromatic N) is 2. The number of carbonyl (C=O) groups is 1. The average Bonchev–Trinajstić information content (AvgIpc) is 2.45. The summed E-state index contributed by atoms with van der Waals surface area (Å²) in [4.78, 5) is 11.9. The Kier molecular flexibility index (Phi) is 6.09. The first-order valence-corrected chi connectivity index (χ1v) is 8.68. The van der Waals surface area contributed by atoms with Crippen molar-refractivity contribution in [2.45, 2.75) is 25.3 Å². The first kappa shape index (κ1) is 18.1. The summed E-state index contributed by atoms with van der Waals surface area (Å²) in [5, 5.41) is 11.9. The molecule has 0 aliphatic rings. The number of hydrogen-bond acceptors (Lipinski definition) is 4. The highest BCUT2D eigenvalue weighted by molar-refractivity contribution is 7.88. The molecule has 120 valence electrons. The third-order valence-corrected chi connectivity index (χ3v) is 4.61. The van der Waals surface area contributed by atoms with Crippen molar-refractivity contribution in [2.24, 2.45) is 0 Å². The van der Waals surface area contributed by atoms with Crippen LogP contribution >= 0.6 is 0 Å². The van der Waals surface area contributed by atoms with E-state index >= 15 is 0 Å². The monoisotopic (exact) mass is 323 g/mol. The van der Waals surface area contributed by atoms with E-state index < -0.39 is 21.5 Å². The number of likely N-dealkylation sites (N-methyl/N-ethyl adjacent to an activating group) is 1. The minimum absolute atomic E-state index is 0.304. The molecule has 1 aromatic carbocycles. The van der Waals surface area contributed by atoms with Crippen LogP contribution in [-0.4, -0.2) is 44.0 Å². The normalized spacial score (nSPS) is 14.1. The summed E-state index contributed by atoms with van der Waals surface area (Å²) >= 11 is 0. The van der Waals surface area contributed by atoms with Gasteiger partial charge in [0.15, 0.2) is 0 Å². The van der Waals surface area contributed by atoms with Crippen LogP contribution in [0.3, 0.4) is 0 Å². The number of sulfonamides is 1. The average molecular weight is 323 g/mol. The SMILES string of the molecule is CN(CC(=O)NC(C)(C#N)CCc1ccccc1)S(C)(=O)=O. The van der Waals surface area contributed by atoms with Crippen molar-refractivity contribution in [3.63, 3.8) is 0 Å². The van der Waals surface area contributed by atoms with Gasteiger partial charge in [-0.15, -0.1) is 0 Å². The molecule has 1 rings (SSSR count). The summed E-state index contributed by atoms with van der Waals surface area (Å²) in [5.74, 6) is -0.495. The standard InChI is InChI=1S/C15H21N3O3S/c1-15(12-16,10-9-13-7-5-4-6-8-13)17-14(19)11-18(2)22(3,20)21/h4-8H,9-11H2,1-3H3,(H,17,19). The molecule has 1 aromatic rings. The second-order valence-electron chi connectivity index (χ2n) is 5.50. The maximum atomic E-state index is 11.9. The van der Waals surface area contributed by atoms with Gasteiger partial charge >= 0.3 is 0 Å². The topological polar surface area (TPSA) is 90.3 Å². The van der Waals surface area contributed by atoms with Crippen LogP contribution in [0.15, 0.2) is 30.3 Å². The van der Waals surface area contributed by atoms with Gasteiger partial charge in [-0.1, -0.05) is 30.3 Å². The Balaban J connectivity index is 2.63. The smallest absolute Gasteiger partial charge is 0.236 e. The molecule has 0 saturated heterocycles. The highest BCUT2D eigenvalue weighted by Gasteiger charge is 2.27. The van der Waals surface area contributed by atoms with Gasteiger partial charge in [0.25, 0.3) is 0 Å². The molecular weight excluding hydrogens is 302 g/mol. The molecule has 1 amide bonds. The Morgan fingerprint density at radius 2 is 1.95 bits per heavy atom. The third kappa shape index (κ3) is 5.84. The van der Waals surface area contributed by atoms with E-state index in [1.807, 2.05) is 30.3 Å². The van der Waals surface area contributed by atoms with Gasteiger partial charge in [-0.3, -0.25) is 4.79 Å². The summed E-state index contributed by atoms with van der Waals surface area (Å²) in [6, 6.07) is 11.7. The zero-order chi connectivity index (χ0) is 16.8. The van der Waals surface area contributed by atoms with Crippen molar-refractivity contribution in [1.82, 2.24) is 9.62 Å². The lowest BCUT2D eigenvalue weighted by Gasteiger charge is -2.24. The first-order valence-electron chi connectivity index (χ1n) is 6.84. The zero-order valence-electron chi connectivity index (χ0n) is 13.0. The van der Waals surface area contributed by atoms with Crippen LogP contribution in [-0.2, 0) is 21.2 Å². The number of rotatable bonds is 7. The summed E-state index contributed by atoms with van der Waals surface area (Å²) in [5.41, 5.74) is 0.0390. The number of carbonyl (C=O) groups excluding carboxylic acids is 1. The molecule has 1 unspecified atom stereocenters. The molecular formula is C15H21N3O3S. The minimum Gasteiger partial charge on any atom is -0.337 e. The number of nitriles is 1. The van der Waals surface area contributed by atoms with Gasteiger partial charge in [0.1, 0.15) is 5.54 Å². The van der Waals surface area contributed by atoms with Gasteiger partial charge in [0, 0.05) is 7.05 Å². The molecule has 0 fully saturated rings. The van der Waals surface area contributed by atoms with Crippen molar-refractivity contribution in [1.29, 1.82) is 5.26 Å². The van der Waals surface area contributed by atoms with Crippen molar-refractivity contribution in [3.05, 3.63) is 35.9 Å². The Labute approximate surface area is 131 Å². The van der Waals surface area contributed by atoms with Gasteiger partial charge in [0.05, 0.1) is 18.9 Å². The molecule has 0 bridgehead atoms. The van der Waals surface area contributed by atoms with Gasteiger partial charge in [-0.25, -0.2) is 8.42 Å². The molecule has 0 aliphatic heterocycles. The molecule has 0 aromatic heterocycles. The van der Waals surface area contributed by atoms with Crippen LogP contribution in [0.4, 0.5) is 0 Å². The Morgan fingerprint density at radius 1 is 1.36 bits per heavy atom. The van der Waals surface area contributed by atoms with E-state index in [-0.39, 0.29) is 6.54 Å². The second-order valence-corrected chi connectivity index (χ2v) is 7.59. The molecule has 7 heteroatoms. The van der Waals surface area contributed by atoms with Crippen LogP contribution < -0.4 is 5.32 Å². The first-order chi connectivity index (χ1) is 10.2. The van der Waals surface area contributed by atoms with Crippen molar-refractivity contribution < 1.29 is 13.2 Å². The molecule has 0 saturated carbocycles. The Bertz CT molecular complexity index is 652. The number of aryl methyl sites for hydroxylation is 1. The molecule has 0 heterocycles. The number of nitrogens with one attached hydrogen (secondary N) is 1. The Hall–Kier alpha value is -1.91. The predicted octanol–water partition coefficient (Wildman–Crippen LogP) is 0.909. The highest BCUT2D eigenvalue weighted by Crippen LogP contribution is 2.13. The van der Waals surface area contributed by atoms with Crippen LogP contribution in [0.1, 0.15) is 18.9 Å². The van der Waals surface area contributed by atoms with Crippen molar-refractivity contribution >= 4 is 15.9 Å². The van der Waals surface area contributed by atoms with E-state index in [9.17, 15) is 18.5 Å². The maximum Gasteiger partial charge on any atom is 0.236 e.